The molecule has 1 saturated carbocycles. The van der Waals surface area contributed by atoms with Crippen LogP contribution in [0.2, 0.25) is 0 Å². The highest BCUT2D eigenvalue weighted by Gasteiger charge is 2.35. The zero-order chi connectivity index (χ0) is 42.8. The smallest absolute Gasteiger partial charge is 0.433 e. The number of halogens is 3. The molecule has 3 N–H and O–H groups in total. The van der Waals surface area contributed by atoms with Crippen molar-refractivity contribution in [2.75, 3.05) is 25.5 Å². The molecule has 3 heterocycles. The molecule has 3 aromatic carbocycles. The predicted molar refractivity (Wildman–Crippen MR) is 218 cm³/mol. The number of nitrogens with zero attached hydrogens (tertiary/aromatic N) is 4. The number of rotatable bonds is 14. The van der Waals surface area contributed by atoms with Gasteiger partial charge in [0.15, 0.2) is 0 Å². The fourth-order valence-corrected chi connectivity index (χ4v) is 8.10. The van der Waals surface area contributed by atoms with E-state index >= 15 is 0 Å². The monoisotopic (exact) mass is 824 g/mol. The lowest BCUT2D eigenvalue weighted by molar-refractivity contribution is -0.141. The second kappa shape index (κ2) is 17.3. The molecule has 0 unspecified atom stereocenters. The van der Waals surface area contributed by atoms with Crippen molar-refractivity contribution >= 4 is 40.1 Å². The summed E-state index contributed by atoms with van der Waals surface area (Å²) in [6.07, 6.45) is 4.96. The van der Waals surface area contributed by atoms with E-state index in [1.54, 1.807) is 38.1 Å². The fourth-order valence-electron chi connectivity index (χ4n) is 8.10. The van der Waals surface area contributed by atoms with Crippen LogP contribution in [0.25, 0.3) is 10.9 Å². The van der Waals surface area contributed by atoms with Crippen molar-refractivity contribution in [1.82, 2.24) is 25.0 Å². The molecule has 0 bridgehead atoms. The number of imide groups is 1. The molecule has 60 heavy (non-hydrogen) atoms. The Kier molecular flexibility index (Phi) is 12.2. The topological polar surface area (TPSA) is 156 Å². The van der Waals surface area contributed by atoms with Crippen LogP contribution < -0.4 is 15.4 Å². The van der Waals surface area contributed by atoms with E-state index in [9.17, 15) is 37.5 Å². The first-order chi connectivity index (χ1) is 28.5. The van der Waals surface area contributed by atoms with E-state index < -0.39 is 46.7 Å². The van der Waals surface area contributed by atoms with Gasteiger partial charge in [-0.1, -0.05) is 36.8 Å². The number of aliphatic hydroxyl groups is 1. The Morgan fingerprint density at radius 1 is 0.933 bits per heavy atom. The van der Waals surface area contributed by atoms with Crippen LogP contribution in [0.3, 0.4) is 0 Å². The second-order valence-electron chi connectivity index (χ2n) is 16.2. The van der Waals surface area contributed by atoms with Crippen molar-refractivity contribution in [3.8, 4) is 11.5 Å². The average molecular weight is 825 g/mol. The molecule has 3 amide bonds. The number of aromatic nitrogens is 3. The zero-order valence-corrected chi connectivity index (χ0v) is 33.6. The van der Waals surface area contributed by atoms with Gasteiger partial charge in [0.25, 0.3) is 23.5 Å². The molecule has 15 heteroatoms. The van der Waals surface area contributed by atoms with Crippen molar-refractivity contribution in [3.63, 3.8) is 0 Å². The number of fused-ring (bicyclic) bond motifs is 2. The maximum Gasteiger partial charge on any atom is 0.433 e. The largest absolute Gasteiger partial charge is 0.456 e. The Balaban J connectivity index is 0.888. The van der Waals surface area contributed by atoms with Gasteiger partial charge >= 0.3 is 6.18 Å². The number of alkyl halides is 3. The van der Waals surface area contributed by atoms with Gasteiger partial charge in [-0.15, -0.1) is 0 Å². The van der Waals surface area contributed by atoms with Crippen molar-refractivity contribution in [1.29, 1.82) is 0 Å². The molecule has 1 aliphatic heterocycles. The summed E-state index contributed by atoms with van der Waals surface area (Å²) in [6, 6.07) is 19.0. The van der Waals surface area contributed by atoms with E-state index in [0.29, 0.717) is 22.7 Å². The summed E-state index contributed by atoms with van der Waals surface area (Å²) in [7, 11) is 2.16. The van der Waals surface area contributed by atoms with Crippen molar-refractivity contribution in [2.24, 2.45) is 5.92 Å². The number of hydrogen-bond acceptors (Lipinski definition) is 9. The first kappa shape index (κ1) is 42.2. The van der Waals surface area contributed by atoms with Crippen LogP contribution in [-0.2, 0) is 23.0 Å². The third-order valence-electron chi connectivity index (χ3n) is 11.2. The number of nitrogens with one attached hydrogen (secondary N) is 2. The Hall–Kier alpha value is -5.93. The summed E-state index contributed by atoms with van der Waals surface area (Å²) in [5.74, 6) is -1.82. The minimum Gasteiger partial charge on any atom is -0.456 e. The van der Waals surface area contributed by atoms with Gasteiger partial charge in [-0.05, 0) is 126 Å². The van der Waals surface area contributed by atoms with Crippen LogP contribution in [0.5, 0.6) is 11.5 Å². The van der Waals surface area contributed by atoms with Gasteiger partial charge in [0.1, 0.15) is 22.9 Å². The number of carbonyl (C=O) groups is 4. The van der Waals surface area contributed by atoms with Gasteiger partial charge in [-0.25, -0.2) is 4.98 Å². The second-order valence-corrected chi connectivity index (χ2v) is 16.2. The summed E-state index contributed by atoms with van der Waals surface area (Å²) in [5.41, 5.74) is -0.577. The van der Waals surface area contributed by atoms with Crippen LogP contribution in [0, 0.1) is 5.92 Å². The third-order valence-corrected chi connectivity index (χ3v) is 11.2. The summed E-state index contributed by atoms with van der Waals surface area (Å²) in [4.78, 5) is 55.7. The lowest BCUT2D eigenvalue weighted by Gasteiger charge is -2.31. The summed E-state index contributed by atoms with van der Waals surface area (Å²) < 4.78 is 47.9. The van der Waals surface area contributed by atoms with E-state index in [1.807, 2.05) is 35.1 Å². The summed E-state index contributed by atoms with van der Waals surface area (Å²) in [5, 5.41) is 21.3. The third kappa shape index (κ3) is 9.58. The van der Waals surface area contributed by atoms with E-state index in [-0.39, 0.29) is 28.6 Å². The molecule has 5 aromatic rings. The lowest BCUT2D eigenvalue weighted by atomic mass is 9.86. The van der Waals surface area contributed by atoms with E-state index in [1.165, 1.54) is 12.1 Å². The van der Waals surface area contributed by atoms with Crippen molar-refractivity contribution in [2.45, 2.75) is 83.0 Å². The Morgan fingerprint density at radius 2 is 1.67 bits per heavy atom. The first-order valence-corrected chi connectivity index (χ1v) is 20.1. The molecule has 0 spiro atoms. The molecule has 314 valence electrons. The van der Waals surface area contributed by atoms with Crippen LogP contribution in [0.15, 0.2) is 79.0 Å². The maximum absolute atomic E-state index is 13.2. The van der Waals surface area contributed by atoms with Crippen LogP contribution in [0.1, 0.15) is 113 Å². The predicted octanol–water partition coefficient (Wildman–Crippen LogP) is 8.25. The lowest BCUT2D eigenvalue weighted by Crippen LogP contribution is -2.42. The number of pyridine rings is 1. The molecule has 7 rings (SSSR count). The molecule has 2 aliphatic rings. The van der Waals surface area contributed by atoms with E-state index in [0.717, 1.165) is 87.5 Å². The zero-order valence-electron chi connectivity index (χ0n) is 33.6. The van der Waals surface area contributed by atoms with Gasteiger partial charge < -0.3 is 20.1 Å². The first-order valence-electron chi connectivity index (χ1n) is 20.1. The van der Waals surface area contributed by atoms with E-state index in [4.69, 9.17) is 9.84 Å². The fraction of sp³-hybridized carbons (Fsp3) is 0.378. The quantitative estimate of drug-likeness (QED) is 0.0570. The number of anilines is 1. The summed E-state index contributed by atoms with van der Waals surface area (Å²) >= 11 is 0. The van der Waals surface area contributed by atoms with Gasteiger partial charge in [-0.2, -0.15) is 18.3 Å². The number of carbonyl (C=O) groups excluding carboxylic acids is 4. The molecule has 0 atom stereocenters. The van der Waals surface area contributed by atoms with Crippen molar-refractivity contribution < 1.29 is 42.2 Å². The maximum atomic E-state index is 13.2. The number of benzene rings is 3. The van der Waals surface area contributed by atoms with Crippen LogP contribution in [-0.4, -0.2) is 68.4 Å². The van der Waals surface area contributed by atoms with Gasteiger partial charge in [0, 0.05) is 34.9 Å². The molecule has 2 aromatic heterocycles. The summed E-state index contributed by atoms with van der Waals surface area (Å²) in [6.45, 7) is 5.09. The minimum atomic E-state index is -4.70. The molecule has 0 saturated heterocycles. The van der Waals surface area contributed by atoms with Gasteiger partial charge in [0.2, 0.25) is 0 Å². The molecule has 1 fully saturated rings. The Labute approximate surface area is 345 Å². The number of Topliss-reactive ketones (excluding diaryl/α,β-unsaturated/α-hetero) is 1. The molecular formula is C45H47F3N6O6. The number of hydrogen-bond donors (Lipinski definition) is 3. The number of para-hydroxylation sites is 1. The normalized spacial score (nSPS) is 17.2. The van der Waals surface area contributed by atoms with Crippen molar-refractivity contribution in [3.05, 3.63) is 113 Å². The number of ketones is 1. The highest BCUT2D eigenvalue weighted by atomic mass is 19.4. The Morgan fingerprint density at radius 3 is 2.42 bits per heavy atom. The van der Waals surface area contributed by atoms with Crippen LogP contribution in [0.4, 0.5) is 18.9 Å². The Bertz CT molecular complexity index is 2430. The minimum absolute atomic E-state index is 0.0343. The highest BCUT2D eigenvalue weighted by molar-refractivity contribution is 6.49. The molecule has 12 nitrogen and oxygen atoms in total. The van der Waals surface area contributed by atoms with E-state index in [2.05, 4.69) is 27.6 Å². The molecular weight excluding hydrogens is 778 g/mol. The highest BCUT2D eigenvalue weighted by Crippen LogP contribution is 2.37. The molecule has 0 radical (unpaired) electrons. The number of aryl methyl sites for hydroxylation is 1. The average Bonchev–Trinajstić information content (AvgIpc) is 3.63. The standard InChI is InChI=1S/C45H47F3N6O6/c1-44(2,59)32-24-34-29(23-35(32)50-41(56)33-14-10-17-38(49-33)45(46,47)48)26-54(52-34)30-20-18-27(19-21-30)25-53(3)22-8-4-5-11-28-12-6-7-15-36(28)60-37-16-9-13-31-39(37)42(57)51-43(58)40(31)55/h6-7,9-10,12-17,23-24,26-27,30,59H,4-5,8,11,18-22,25H2,1-3H3,(H,50,56)(H,51,57,58)/t27-,30-. The molecule has 1 aliphatic carbocycles. The number of amides is 3. The SMILES string of the molecule is CN(CCCCCc1ccccc1Oc1cccc2c1C(=O)NC(=O)C2=O)C[C@H]1CC[C@H](n2cc3cc(NC(=O)c4cccc(C(F)(F)F)n4)c(C(C)(C)O)cc3n2)CC1. The van der Waals surface area contributed by atoms with Gasteiger partial charge in [-0.3, -0.25) is 29.2 Å². The number of ether oxygens (including phenoxy) is 1. The number of unbranched alkanes of at least 4 members (excludes halogenated alkanes) is 2. The van der Waals surface area contributed by atoms with Gasteiger partial charge in [0.05, 0.1) is 22.7 Å². The van der Waals surface area contributed by atoms with Crippen LogP contribution >= 0.6 is 0 Å².